The monoisotopic (exact) mass is 447 g/mol. The molecule has 0 bridgehead atoms. The maximum Gasteiger partial charge on any atom is 0.251 e. The minimum Gasteiger partial charge on any atom is -0.487 e. The van der Waals surface area contributed by atoms with Crippen LogP contribution in [0.25, 0.3) is 11.1 Å². The zero-order chi connectivity index (χ0) is 22.1. The first kappa shape index (κ1) is 20.5. The van der Waals surface area contributed by atoms with Gasteiger partial charge in [-0.25, -0.2) is 0 Å². The number of aromatic nitrogens is 1. The summed E-state index contributed by atoms with van der Waals surface area (Å²) >= 11 is 6.34. The Morgan fingerprint density at radius 2 is 2.03 bits per heavy atom. The molecule has 1 fully saturated rings. The number of carbonyl (C=O) groups is 2. The molecule has 7 heteroatoms. The number of anilines is 1. The lowest BCUT2D eigenvalue weighted by molar-refractivity contribution is -0.117. The number of benzene rings is 2. The third-order valence-corrected chi connectivity index (χ3v) is 6.06. The van der Waals surface area contributed by atoms with Gasteiger partial charge in [0.15, 0.2) is 0 Å². The molecule has 5 rings (SSSR count). The van der Waals surface area contributed by atoms with Crippen LogP contribution in [0.1, 0.15) is 28.8 Å². The molecule has 162 valence electrons. The molecule has 1 saturated heterocycles. The first-order valence-corrected chi connectivity index (χ1v) is 11.0. The Balaban J connectivity index is 1.27. The Bertz CT molecular complexity index is 1180. The number of fused-ring (bicyclic) bond motifs is 1. The molecule has 0 saturated carbocycles. The largest absolute Gasteiger partial charge is 0.487 e. The van der Waals surface area contributed by atoms with Crippen LogP contribution in [0.15, 0.2) is 60.9 Å². The third kappa shape index (κ3) is 4.06. The lowest BCUT2D eigenvalue weighted by Gasteiger charge is -2.17. The molecule has 3 aromatic rings. The summed E-state index contributed by atoms with van der Waals surface area (Å²) in [6.07, 6.45) is 5.35. The van der Waals surface area contributed by atoms with Crippen LogP contribution in [-0.4, -0.2) is 36.0 Å². The van der Waals surface area contributed by atoms with Gasteiger partial charge in [-0.3, -0.25) is 14.6 Å². The third-order valence-electron chi connectivity index (χ3n) is 5.84. The van der Waals surface area contributed by atoms with E-state index in [-0.39, 0.29) is 17.9 Å². The van der Waals surface area contributed by atoms with Crippen LogP contribution in [0.5, 0.6) is 5.75 Å². The number of nitrogens with one attached hydrogen (secondary N) is 1. The van der Waals surface area contributed by atoms with Crippen molar-refractivity contribution in [1.29, 1.82) is 0 Å². The van der Waals surface area contributed by atoms with E-state index in [0.29, 0.717) is 36.5 Å². The van der Waals surface area contributed by atoms with E-state index >= 15 is 0 Å². The minimum atomic E-state index is -0.189. The maximum absolute atomic E-state index is 12.8. The average Bonchev–Trinajstić information content (AvgIpc) is 3.43. The molecular formula is C25H22ClN3O3. The number of pyridine rings is 1. The van der Waals surface area contributed by atoms with Crippen LogP contribution in [-0.2, 0) is 11.2 Å². The molecule has 2 aromatic carbocycles. The van der Waals surface area contributed by atoms with Gasteiger partial charge >= 0.3 is 0 Å². The van der Waals surface area contributed by atoms with E-state index in [0.717, 1.165) is 34.5 Å². The summed E-state index contributed by atoms with van der Waals surface area (Å²) in [6.45, 7) is 1.06. The highest BCUT2D eigenvalue weighted by atomic mass is 35.5. The quantitative estimate of drug-likeness (QED) is 0.634. The SMILES string of the molecule is O=C(NC[C@@H]1Cc2cc(Cl)cc(-c3ccncc3)c2O1)c1cccc(N2CCCC2=O)c1. The summed E-state index contributed by atoms with van der Waals surface area (Å²) in [5.74, 6) is 0.711. The Kier molecular flexibility index (Phi) is 5.53. The fourth-order valence-corrected chi connectivity index (χ4v) is 4.54. The van der Waals surface area contributed by atoms with Gasteiger partial charge in [-0.2, -0.15) is 0 Å². The summed E-state index contributed by atoms with van der Waals surface area (Å²) < 4.78 is 6.21. The highest BCUT2D eigenvalue weighted by molar-refractivity contribution is 6.31. The van der Waals surface area contributed by atoms with Crippen LogP contribution in [0, 0.1) is 0 Å². The molecule has 2 aliphatic rings. The summed E-state index contributed by atoms with van der Waals surface area (Å²) in [6, 6.07) is 14.8. The van der Waals surface area contributed by atoms with Crippen molar-refractivity contribution in [3.8, 4) is 16.9 Å². The zero-order valence-electron chi connectivity index (χ0n) is 17.4. The van der Waals surface area contributed by atoms with E-state index in [1.165, 1.54) is 0 Å². The van der Waals surface area contributed by atoms with E-state index in [4.69, 9.17) is 16.3 Å². The number of halogens is 1. The average molecular weight is 448 g/mol. The number of amides is 2. The summed E-state index contributed by atoms with van der Waals surface area (Å²) in [4.78, 5) is 30.6. The molecule has 2 amide bonds. The summed E-state index contributed by atoms with van der Waals surface area (Å²) in [5, 5.41) is 3.62. The number of hydrogen-bond donors (Lipinski definition) is 1. The number of hydrogen-bond acceptors (Lipinski definition) is 4. The summed E-state index contributed by atoms with van der Waals surface area (Å²) in [5.41, 5.74) is 4.22. The molecular weight excluding hydrogens is 426 g/mol. The van der Waals surface area contributed by atoms with E-state index < -0.39 is 0 Å². The number of carbonyl (C=O) groups excluding carboxylic acids is 2. The fourth-order valence-electron chi connectivity index (χ4n) is 4.30. The van der Waals surface area contributed by atoms with Crippen molar-refractivity contribution in [2.24, 2.45) is 0 Å². The fraction of sp³-hybridized carbons (Fsp3) is 0.240. The standard InChI is InChI=1S/C25H22ClN3O3/c26-19-11-18-13-21(32-24(18)22(14-19)16-6-8-27-9-7-16)15-28-25(31)17-3-1-4-20(12-17)29-10-2-5-23(29)30/h1,3-4,6-9,11-12,14,21H,2,5,10,13,15H2,(H,28,31)/t21-/m0/s1. The molecule has 32 heavy (non-hydrogen) atoms. The van der Waals surface area contributed by atoms with Gasteiger partial charge in [-0.15, -0.1) is 0 Å². The van der Waals surface area contributed by atoms with Gasteiger partial charge in [0, 0.05) is 59.2 Å². The van der Waals surface area contributed by atoms with E-state index in [2.05, 4.69) is 10.3 Å². The first-order chi connectivity index (χ1) is 15.6. The lowest BCUT2D eigenvalue weighted by atomic mass is 10.0. The van der Waals surface area contributed by atoms with E-state index in [9.17, 15) is 9.59 Å². The molecule has 1 atom stereocenters. The van der Waals surface area contributed by atoms with E-state index in [1.54, 1.807) is 35.5 Å². The van der Waals surface area contributed by atoms with Crippen molar-refractivity contribution in [2.45, 2.75) is 25.4 Å². The molecule has 3 heterocycles. The predicted octanol–water partition coefficient (Wildman–Crippen LogP) is 4.26. The molecule has 0 unspecified atom stereocenters. The van der Waals surface area contributed by atoms with Gasteiger partial charge < -0.3 is 15.0 Å². The van der Waals surface area contributed by atoms with Gasteiger partial charge in [0.25, 0.3) is 5.91 Å². The van der Waals surface area contributed by atoms with Gasteiger partial charge in [0.1, 0.15) is 11.9 Å². The van der Waals surface area contributed by atoms with Crippen molar-refractivity contribution < 1.29 is 14.3 Å². The van der Waals surface area contributed by atoms with Gasteiger partial charge in [0.05, 0.1) is 6.54 Å². The molecule has 1 N–H and O–H groups in total. The zero-order valence-corrected chi connectivity index (χ0v) is 18.1. The smallest absolute Gasteiger partial charge is 0.251 e. The van der Waals surface area contributed by atoms with Crippen molar-refractivity contribution in [3.63, 3.8) is 0 Å². The number of rotatable bonds is 5. The van der Waals surface area contributed by atoms with Crippen molar-refractivity contribution in [2.75, 3.05) is 18.0 Å². The second-order valence-corrected chi connectivity index (χ2v) is 8.47. The maximum atomic E-state index is 12.8. The Morgan fingerprint density at radius 1 is 1.19 bits per heavy atom. The van der Waals surface area contributed by atoms with Gasteiger partial charge in [0.2, 0.25) is 5.91 Å². The molecule has 0 spiro atoms. The predicted molar refractivity (Wildman–Crippen MR) is 123 cm³/mol. The number of ether oxygens (including phenoxy) is 1. The molecule has 0 aliphatic carbocycles. The highest BCUT2D eigenvalue weighted by Crippen LogP contribution is 2.40. The van der Waals surface area contributed by atoms with Gasteiger partial charge in [-0.1, -0.05) is 17.7 Å². The van der Waals surface area contributed by atoms with E-state index in [1.807, 2.05) is 30.3 Å². The highest BCUT2D eigenvalue weighted by Gasteiger charge is 2.27. The molecule has 6 nitrogen and oxygen atoms in total. The van der Waals surface area contributed by atoms with Crippen LogP contribution >= 0.6 is 11.6 Å². The molecule has 2 aliphatic heterocycles. The van der Waals surface area contributed by atoms with Crippen molar-refractivity contribution in [1.82, 2.24) is 10.3 Å². The lowest BCUT2D eigenvalue weighted by Crippen LogP contribution is -2.34. The van der Waals surface area contributed by atoms with Crippen LogP contribution in [0.4, 0.5) is 5.69 Å². The molecule has 1 aromatic heterocycles. The molecule has 0 radical (unpaired) electrons. The normalized spacial score (nSPS) is 17.2. The number of nitrogens with zero attached hydrogens (tertiary/aromatic N) is 2. The topological polar surface area (TPSA) is 71.5 Å². The van der Waals surface area contributed by atoms with Crippen LogP contribution in [0.2, 0.25) is 5.02 Å². The van der Waals surface area contributed by atoms with Gasteiger partial charge in [-0.05, 0) is 54.4 Å². The van der Waals surface area contributed by atoms with Crippen molar-refractivity contribution in [3.05, 3.63) is 77.1 Å². The minimum absolute atomic E-state index is 0.100. The Labute approximate surface area is 191 Å². The van der Waals surface area contributed by atoms with Crippen molar-refractivity contribution >= 4 is 29.1 Å². The van der Waals surface area contributed by atoms with Crippen LogP contribution < -0.4 is 15.0 Å². The Morgan fingerprint density at radius 3 is 2.81 bits per heavy atom. The summed E-state index contributed by atoms with van der Waals surface area (Å²) in [7, 11) is 0. The first-order valence-electron chi connectivity index (χ1n) is 10.7. The second kappa shape index (κ2) is 8.63. The van der Waals surface area contributed by atoms with Crippen LogP contribution in [0.3, 0.4) is 0 Å². The second-order valence-electron chi connectivity index (χ2n) is 8.03. The Hall–Kier alpha value is -3.38.